The molecule has 0 saturated heterocycles. The number of rotatable bonds is 2. The molecule has 0 radical (unpaired) electrons. The predicted molar refractivity (Wildman–Crippen MR) is 80.3 cm³/mol. The van der Waals surface area contributed by atoms with Gasteiger partial charge in [-0.05, 0) is 53.0 Å². The fourth-order valence-electron chi connectivity index (χ4n) is 1.87. The van der Waals surface area contributed by atoms with Gasteiger partial charge in [-0.2, -0.15) is 0 Å². The van der Waals surface area contributed by atoms with Gasteiger partial charge in [-0.15, -0.1) is 0 Å². The standard InChI is InChI=1S/C14H13BrN2O3/c1-7-3-8(2)12(18)10(4-7)13(19)17-11-5-9(15)6-16-14(11)20/h3-6,18H,1-2H3,(H,16,20)(H,17,19). The molecule has 0 unspecified atom stereocenters. The van der Waals surface area contributed by atoms with Crippen molar-refractivity contribution in [3.63, 3.8) is 0 Å². The molecule has 0 saturated carbocycles. The number of carbonyl (C=O) groups excluding carboxylic acids is 1. The zero-order valence-electron chi connectivity index (χ0n) is 11.0. The smallest absolute Gasteiger partial charge is 0.271 e. The van der Waals surface area contributed by atoms with Gasteiger partial charge in [0.25, 0.3) is 11.5 Å². The number of pyridine rings is 1. The molecule has 0 aliphatic carbocycles. The first-order chi connectivity index (χ1) is 9.38. The van der Waals surface area contributed by atoms with Gasteiger partial charge in [0, 0.05) is 10.7 Å². The van der Waals surface area contributed by atoms with Crippen LogP contribution < -0.4 is 10.9 Å². The molecule has 6 heteroatoms. The highest BCUT2D eigenvalue weighted by Gasteiger charge is 2.15. The molecule has 104 valence electrons. The van der Waals surface area contributed by atoms with E-state index in [0.717, 1.165) is 5.56 Å². The molecule has 0 atom stereocenters. The number of aryl methyl sites for hydroxylation is 2. The van der Waals surface area contributed by atoms with E-state index < -0.39 is 11.5 Å². The van der Waals surface area contributed by atoms with E-state index in [1.165, 1.54) is 12.3 Å². The third kappa shape index (κ3) is 2.91. The van der Waals surface area contributed by atoms with Gasteiger partial charge < -0.3 is 15.4 Å². The molecule has 0 aliphatic rings. The number of hydrogen-bond donors (Lipinski definition) is 3. The lowest BCUT2D eigenvalue weighted by Gasteiger charge is -2.09. The van der Waals surface area contributed by atoms with E-state index in [2.05, 4.69) is 26.2 Å². The van der Waals surface area contributed by atoms with Gasteiger partial charge in [0.05, 0.1) is 5.56 Å². The number of amides is 1. The Labute approximate surface area is 123 Å². The number of phenolic OH excluding ortho intramolecular Hbond substituents is 1. The van der Waals surface area contributed by atoms with Gasteiger partial charge in [-0.3, -0.25) is 9.59 Å². The van der Waals surface area contributed by atoms with Gasteiger partial charge in [-0.1, -0.05) is 6.07 Å². The number of halogens is 1. The molecule has 0 bridgehead atoms. The number of aromatic hydroxyl groups is 1. The number of aromatic amines is 1. The zero-order chi connectivity index (χ0) is 14.9. The summed E-state index contributed by atoms with van der Waals surface area (Å²) in [6, 6.07) is 4.85. The van der Waals surface area contributed by atoms with Crippen LogP contribution in [-0.2, 0) is 0 Å². The van der Waals surface area contributed by atoms with Crippen LogP contribution in [0.5, 0.6) is 5.75 Å². The van der Waals surface area contributed by atoms with E-state index in [1.54, 1.807) is 19.1 Å². The minimum Gasteiger partial charge on any atom is -0.507 e. The number of benzene rings is 1. The van der Waals surface area contributed by atoms with Gasteiger partial charge in [0.15, 0.2) is 0 Å². The van der Waals surface area contributed by atoms with E-state index in [0.29, 0.717) is 10.0 Å². The lowest BCUT2D eigenvalue weighted by molar-refractivity contribution is 0.102. The maximum absolute atomic E-state index is 12.2. The second-order valence-corrected chi connectivity index (χ2v) is 5.41. The van der Waals surface area contributed by atoms with E-state index in [4.69, 9.17) is 0 Å². The third-order valence-corrected chi connectivity index (χ3v) is 3.26. The summed E-state index contributed by atoms with van der Waals surface area (Å²) in [4.78, 5) is 26.2. The Hall–Kier alpha value is -2.08. The summed E-state index contributed by atoms with van der Waals surface area (Å²) in [5, 5.41) is 12.4. The van der Waals surface area contributed by atoms with Crippen LogP contribution in [0.2, 0.25) is 0 Å². The number of nitrogens with one attached hydrogen (secondary N) is 2. The van der Waals surface area contributed by atoms with Gasteiger partial charge >= 0.3 is 0 Å². The van der Waals surface area contributed by atoms with Crippen molar-refractivity contribution in [2.75, 3.05) is 5.32 Å². The molecule has 1 amide bonds. The first-order valence-electron chi connectivity index (χ1n) is 5.88. The summed E-state index contributed by atoms with van der Waals surface area (Å²) in [6.45, 7) is 3.54. The highest BCUT2D eigenvalue weighted by Crippen LogP contribution is 2.24. The van der Waals surface area contributed by atoms with Crippen LogP contribution in [0.3, 0.4) is 0 Å². The molecule has 0 fully saturated rings. The Balaban J connectivity index is 2.38. The Kier molecular flexibility index (Phi) is 3.94. The Morgan fingerprint density at radius 3 is 2.70 bits per heavy atom. The lowest BCUT2D eigenvalue weighted by Crippen LogP contribution is -2.20. The molecular formula is C14H13BrN2O3. The van der Waals surface area contributed by atoms with Crippen LogP contribution in [0, 0.1) is 13.8 Å². The van der Waals surface area contributed by atoms with E-state index in [9.17, 15) is 14.7 Å². The topological polar surface area (TPSA) is 82.2 Å². The van der Waals surface area contributed by atoms with Crippen molar-refractivity contribution >= 4 is 27.5 Å². The Morgan fingerprint density at radius 2 is 2.00 bits per heavy atom. The minimum atomic E-state index is -0.530. The van der Waals surface area contributed by atoms with Crippen molar-refractivity contribution < 1.29 is 9.90 Å². The first-order valence-corrected chi connectivity index (χ1v) is 6.67. The second-order valence-electron chi connectivity index (χ2n) is 4.49. The highest BCUT2D eigenvalue weighted by molar-refractivity contribution is 9.10. The number of anilines is 1. The molecule has 2 aromatic rings. The highest BCUT2D eigenvalue weighted by atomic mass is 79.9. The van der Waals surface area contributed by atoms with Crippen LogP contribution in [0.4, 0.5) is 5.69 Å². The maximum Gasteiger partial charge on any atom is 0.271 e. The molecular weight excluding hydrogens is 324 g/mol. The van der Waals surface area contributed by atoms with Crippen molar-refractivity contribution in [3.05, 3.63) is 55.9 Å². The van der Waals surface area contributed by atoms with Gasteiger partial charge in [-0.25, -0.2) is 0 Å². The summed E-state index contributed by atoms with van der Waals surface area (Å²) in [5.41, 5.74) is 1.31. The average Bonchev–Trinajstić information content (AvgIpc) is 2.38. The van der Waals surface area contributed by atoms with Gasteiger partial charge in [0.2, 0.25) is 0 Å². The fraction of sp³-hybridized carbons (Fsp3) is 0.143. The maximum atomic E-state index is 12.2. The lowest BCUT2D eigenvalue weighted by atomic mass is 10.0. The number of phenols is 1. The number of H-pyrrole nitrogens is 1. The Bertz CT molecular complexity index is 738. The van der Waals surface area contributed by atoms with Crippen molar-refractivity contribution in [1.29, 1.82) is 0 Å². The van der Waals surface area contributed by atoms with E-state index in [1.807, 2.05) is 6.92 Å². The minimum absolute atomic E-state index is 0.0838. The van der Waals surface area contributed by atoms with Crippen LogP contribution in [0.1, 0.15) is 21.5 Å². The largest absolute Gasteiger partial charge is 0.507 e. The summed E-state index contributed by atoms with van der Waals surface area (Å²) in [6.07, 6.45) is 1.48. The molecule has 1 aromatic heterocycles. The molecule has 1 heterocycles. The summed E-state index contributed by atoms with van der Waals surface area (Å²) in [5.74, 6) is -0.613. The van der Waals surface area contributed by atoms with Crippen molar-refractivity contribution in [3.8, 4) is 5.75 Å². The van der Waals surface area contributed by atoms with E-state index in [-0.39, 0.29) is 17.0 Å². The molecule has 20 heavy (non-hydrogen) atoms. The van der Waals surface area contributed by atoms with Crippen LogP contribution in [-0.4, -0.2) is 16.0 Å². The summed E-state index contributed by atoms with van der Waals surface area (Å²) in [7, 11) is 0. The van der Waals surface area contributed by atoms with Crippen LogP contribution in [0.15, 0.2) is 33.7 Å². The predicted octanol–water partition coefficient (Wildman–Crippen LogP) is 2.71. The molecule has 0 aliphatic heterocycles. The Morgan fingerprint density at radius 1 is 1.30 bits per heavy atom. The molecule has 1 aromatic carbocycles. The fourth-order valence-corrected chi connectivity index (χ4v) is 2.22. The van der Waals surface area contributed by atoms with Gasteiger partial charge in [0.1, 0.15) is 11.4 Å². The second kappa shape index (κ2) is 5.50. The van der Waals surface area contributed by atoms with E-state index >= 15 is 0 Å². The normalized spacial score (nSPS) is 10.3. The van der Waals surface area contributed by atoms with Crippen LogP contribution in [0.25, 0.3) is 0 Å². The average molecular weight is 337 g/mol. The number of aromatic nitrogens is 1. The number of hydrogen-bond acceptors (Lipinski definition) is 3. The van der Waals surface area contributed by atoms with Crippen molar-refractivity contribution in [1.82, 2.24) is 4.98 Å². The van der Waals surface area contributed by atoms with Crippen molar-refractivity contribution in [2.24, 2.45) is 0 Å². The molecule has 3 N–H and O–H groups in total. The third-order valence-electron chi connectivity index (χ3n) is 2.81. The zero-order valence-corrected chi connectivity index (χ0v) is 12.5. The first kappa shape index (κ1) is 14.3. The monoisotopic (exact) mass is 336 g/mol. The SMILES string of the molecule is Cc1cc(C)c(O)c(C(=O)Nc2cc(Br)c[nH]c2=O)c1. The van der Waals surface area contributed by atoms with Crippen LogP contribution >= 0.6 is 15.9 Å². The summed E-state index contributed by atoms with van der Waals surface area (Å²) >= 11 is 3.21. The quantitative estimate of drug-likeness (QED) is 0.788. The van der Waals surface area contributed by atoms with Crippen molar-refractivity contribution in [2.45, 2.75) is 13.8 Å². The number of carbonyl (C=O) groups is 1. The molecule has 0 spiro atoms. The summed E-state index contributed by atoms with van der Waals surface area (Å²) < 4.78 is 0.636. The molecule has 5 nitrogen and oxygen atoms in total. The molecule has 2 rings (SSSR count).